The van der Waals surface area contributed by atoms with Crippen molar-refractivity contribution in [3.05, 3.63) is 36.0 Å². The molecule has 0 radical (unpaired) electrons. The van der Waals surface area contributed by atoms with Crippen molar-refractivity contribution in [1.29, 1.82) is 0 Å². The molecule has 0 fully saturated rings. The van der Waals surface area contributed by atoms with Crippen LogP contribution in [0.25, 0.3) is 10.9 Å². The van der Waals surface area contributed by atoms with Crippen LogP contribution in [0.15, 0.2) is 30.5 Å². The number of nitrogens with zero attached hydrogens (tertiary/aromatic N) is 1. The second-order valence-electron chi connectivity index (χ2n) is 6.01. The summed E-state index contributed by atoms with van der Waals surface area (Å²) in [4.78, 5) is 0. The summed E-state index contributed by atoms with van der Waals surface area (Å²) in [6.07, 6.45) is 6.06. The molecule has 0 bridgehead atoms. The monoisotopic (exact) mass is 272 g/mol. The Kier molecular flexibility index (Phi) is 5.66. The van der Waals surface area contributed by atoms with Crippen LogP contribution in [-0.4, -0.2) is 17.7 Å². The Morgan fingerprint density at radius 2 is 1.95 bits per heavy atom. The molecule has 0 unspecified atom stereocenters. The van der Waals surface area contributed by atoms with Gasteiger partial charge in [-0.25, -0.2) is 0 Å². The highest BCUT2D eigenvalue weighted by Crippen LogP contribution is 2.22. The van der Waals surface area contributed by atoms with Crippen LogP contribution in [0.5, 0.6) is 0 Å². The third-order valence-electron chi connectivity index (χ3n) is 3.81. The van der Waals surface area contributed by atoms with Crippen LogP contribution < -0.4 is 5.32 Å². The topological polar surface area (TPSA) is 17.0 Å². The molecule has 0 aliphatic rings. The van der Waals surface area contributed by atoms with Crippen molar-refractivity contribution < 1.29 is 0 Å². The van der Waals surface area contributed by atoms with E-state index in [9.17, 15) is 0 Å². The van der Waals surface area contributed by atoms with Gasteiger partial charge in [-0.3, -0.25) is 0 Å². The third kappa shape index (κ3) is 3.86. The summed E-state index contributed by atoms with van der Waals surface area (Å²) in [5.41, 5.74) is 2.88. The minimum Gasteiger partial charge on any atom is -0.347 e. The molecular formula is C18H28N2. The lowest BCUT2D eigenvalue weighted by atomic mass is 10.1. The predicted octanol–water partition coefficient (Wildman–Crippen LogP) is 4.23. The molecule has 2 rings (SSSR count). The Balaban J connectivity index is 1.87. The number of rotatable bonds is 8. The van der Waals surface area contributed by atoms with Gasteiger partial charge in [-0.05, 0) is 56.8 Å². The standard InChI is InChI=1S/C18H28N2/c1-4-20-14-16(17-10-5-6-11-18(17)20)9-7-8-12-19-13-15(2)3/h5-6,10-11,14-15,19H,4,7-9,12-13H2,1-3H3. The Morgan fingerprint density at radius 3 is 2.70 bits per heavy atom. The van der Waals surface area contributed by atoms with Gasteiger partial charge in [0.2, 0.25) is 0 Å². The molecule has 2 nitrogen and oxygen atoms in total. The van der Waals surface area contributed by atoms with Gasteiger partial charge in [0.25, 0.3) is 0 Å². The van der Waals surface area contributed by atoms with Crippen LogP contribution in [-0.2, 0) is 13.0 Å². The van der Waals surface area contributed by atoms with E-state index in [1.165, 1.54) is 35.7 Å². The molecule has 20 heavy (non-hydrogen) atoms. The maximum absolute atomic E-state index is 3.52. The first-order valence-electron chi connectivity index (χ1n) is 7.99. The van der Waals surface area contributed by atoms with Crippen LogP contribution >= 0.6 is 0 Å². The molecular weight excluding hydrogens is 244 g/mol. The van der Waals surface area contributed by atoms with Gasteiger partial charge >= 0.3 is 0 Å². The molecule has 0 saturated heterocycles. The summed E-state index contributed by atoms with van der Waals surface area (Å²) in [5.74, 6) is 0.748. The summed E-state index contributed by atoms with van der Waals surface area (Å²) >= 11 is 0. The van der Waals surface area contributed by atoms with E-state index in [-0.39, 0.29) is 0 Å². The first-order valence-corrected chi connectivity index (χ1v) is 7.99. The lowest BCUT2D eigenvalue weighted by molar-refractivity contribution is 0.535. The van der Waals surface area contributed by atoms with Gasteiger partial charge in [-0.2, -0.15) is 0 Å². The highest BCUT2D eigenvalue weighted by atomic mass is 14.9. The molecule has 1 heterocycles. The summed E-state index contributed by atoms with van der Waals surface area (Å²) in [7, 11) is 0. The van der Waals surface area contributed by atoms with E-state index >= 15 is 0 Å². The van der Waals surface area contributed by atoms with Gasteiger partial charge in [0.15, 0.2) is 0 Å². The number of para-hydroxylation sites is 1. The van der Waals surface area contributed by atoms with Crippen molar-refractivity contribution in [1.82, 2.24) is 9.88 Å². The van der Waals surface area contributed by atoms with Gasteiger partial charge in [-0.1, -0.05) is 32.0 Å². The fourth-order valence-corrected chi connectivity index (χ4v) is 2.74. The molecule has 0 atom stereocenters. The number of hydrogen-bond acceptors (Lipinski definition) is 1. The number of benzene rings is 1. The number of aryl methyl sites for hydroxylation is 2. The predicted molar refractivity (Wildman–Crippen MR) is 88.3 cm³/mol. The molecule has 110 valence electrons. The van der Waals surface area contributed by atoms with Crippen LogP contribution in [0.2, 0.25) is 0 Å². The Morgan fingerprint density at radius 1 is 1.15 bits per heavy atom. The molecule has 1 aromatic heterocycles. The van der Waals surface area contributed by atoms with E-state index in [2.05, 4.69) is 61.1 Å². The highest BCUT2D eigenvalue weighted by molar-refractivity contribution is 5.83. The fourth-order valence-electron chi connectivity index (χ4n) is 2.74. The Hall–Kier alpha value is -1.28. The highest BCUT2D eigenvalue weighted by Gasteiger charge is 2.06. The lowest BCUT2D eigenvalue weighted by Gasteiger charge is -2.06. The second-order valence-corrected chi connectivity index (χ2v) is 6.01. The van der Waals surface area contributed by atoms with Crippen LogP contribution in [0.4, 0.5) is 0 Å². The zero-order chi connectivity index (χ0) is 14.4. The third-order valence-corrected chi connectivity index (χ3v) is 3.81. The van der Waals surface area contributed by atoms with Gasteiger partial charge in [0, 0.05) is 23.6 Å². The molecule has 2 aromatic rings. The van der Waals surface area contributed by atoms with E-state index in [4.69, 9.17) is 0 Å². The van der Waals surface area contributed by atoms with Gasteiger partial charge < -0.3 is 9.88 Å². The van der Waals surface area contributed by atoms with Crippen LogP contribution in [0.1, 0.15) is 39.2 Å². The van der Waals surface area contributed by atoms with Gasteiger partial charge in [-0.15, -0.1) is 0 Å². The Labute approximate surface area is 123 Å². The van der Waals surface area contributed by atoms with Gasteiger partial charge in [0.05, 0.1) is 0 Å². The van der Waals surface area contributed by atoms with Crippen molar-refractivity contribution in [2.24, 2.45) is 5.92 Å². The summed E-state index contributed by atoms with van der Waals surface area (Å²) < 4.78 is 2.36. The van der Waals surface area contributed by atoms with E-state index in [0.717, 1.165) is 25.6 Å². The number of nitrogens with one attached hydrogen (secondary N) is 1. The molecule has 0 aliphatic heterocycles. The van der Waals surface area contributed by atoms with Crippen molar-refractivity contribution in [2.75, 3.05) is 13.1 Å². The number of unbranched alkanes of at least 4 members (excludes halogenated alkanes) is 1. The maximum Gasteiger partial charge on any atom is 0.0483 e. The first-order chi connectivity index (χ1) is 9.72. The van der Waals surface area contributed by atoms with Crippen molar-refractivity contribution in [3.8, 4) is 0 Å². The normalized spacial score (nSPS) is 11.6. The van der Waals surface area contributed by atoms with Crippen molar-refractivity contribution in [2.45, 2.75) is 46.6 Å². The average molecular weight is 272 g/mol. The largest absolute Gasteiger partial charge is 0.347 e. The molecule has 1 N–H and O–H groups in total. The van der Waals surface area contributed by atoms with E-state index < -0.39 is 0 Å². The minimum atomic E-state index is 0.748. The summed E-state index contributed by atoms with van der Waals surface area (Å²) in [5, 5.41) is 4.95. The maximum atomic E-state index is 3.52. The average Bonchev–Trinajstić information content (AvgIpc) is 2.81. The smallest absolute Gasteiger partial charge is 0.0483 e. The molecule has 2 heteroatoms. The number of aromatic nitrogens is 1. The van der Waals surface area contributed by atoms with E-state index in [1.54, 1.807) is 0 Å². The SMILES string of the molecule is CCn1cc(CCCCNCC(C)C)c2ccccc21. The molecule has 0 amide bonds. The summed E-state index contributed by atoms with van der Waals surface area (Å²) in [6, 6.07) is 8.77. The zero-order valence-corrected chi connectivity index (χ0v) is 13.2. The van der Waals surface area contributed by atoms with Crippen molar-refractivity contribution >= 4 is 10.9 Å². The second kappa shape index (κ2) is 7.49. The quantitative estimate of drug-likeness (QED) is 0.712. The van der Waals surface area contributed by atoms with Crippen LogP contribution in [0.3, 0.4) is 0 Å². The van der Waals surface area contributed by atoms with Gasteiger partial charge in [0.1, 0.15) is 0 Å². The number of hydrogen-bond donors (Lipinski definition) is 1. The lowest BCUT2D eigenvalue weighted by Crippen LogP contribution is -2.20. The summed E-state index contributed by atoms with van der Waals surface area (Å²) in [6.45, 7) is 10.1. The zero-order valence-electron chi connectivity index (χ0n) is 13.2. The van der Waals surface area contributed by atoms with E-state index in [1.807, 2.05) is 0 Å². The molecule has 0 aliphatic carbocycles. The van der Waals surface area contributed by atoms with E-state index in [0.29, 0.717) is 0 Å². The molecule has 0 spiro atoms. The molecule has 1 aromatic carbocycles. The van der Waals surface area contributed by atoms with Crippen LogP contribution in [0, 0.1) is 5.92 Å². The molecule has 0 saturated carbocycles. The minimum absolute atomic E-state index is 0.748. The van der Waals surface area contributed by atoms with Crippen molar-refractivity contribution in [3.63, 3.8) is 0 Å². The number of fused-ring (bicyclic) bond motifs is 1. The fraction of sp³-hybridized carbons (Fsp3) is 0.556. The first kappa shape index (κ1) is 15.1. The Bertz CT molecular complexity index is 525.